The van der Waals surface area contributed by atoms with Gasteiger partial charge in [-0.25, -0.2) is 0 Å². The molecule has 4 nitrogen and oxygen atoms in total. The van der Waals surface area contributed by atoms with E-state index in [9.17, 15) is 9.90 Å². The zero-order chi connectivity index (χ0) is 14.6. The average Bonchev–Trinajstić information content (AvgIpc) is 2.63. The van der Waals surface area contributed by atoms with E-state index in [1.807, 2.05) is 37.3 Å². The maximum atomic E-state index is 11.8. The minimum absolute atomic E-state index is 0.159. The van der Waals surface area contributed by atoms with Gasteiger partial charge in [0.2, 0.25) is 0 Å². The van der Waals surface area contributed by atoms with Crippen molar-refractivity contribution in [2.75, 3.05) is 26.2 Å². The minimum atomic E-state index is -0.884. The number of carboxylic acids is 1. The molecule has 0 aromatic heterocycles. The smallest absolute Gasteiger partial charge is 0.315 e. The predicted molar refractivity (Wildman–Crippen MR) is 77.9 cm³/mol. The molecule has 2 rings (SSSR count). The maximum Gasteiger partial charge on any atom is 0.315 e. The lowest BCUT2D eigenvalue weighted by molar-refractivity contribution is -0.144. The minimum Gasteiger partial charge on any atom is -0.481 e. The third-order valence-electron chi connectivity index (χ3n) is 3.96. The number of carbonyl (C=O) groups is 1. The summed E-state index contributed by atoms with van der Waals surface area (Å²) in [5.41, 5.74) is -0.0315. The quantitative estimate of drug-likeness (QED) is 0.916. The Balaban J connectivity index is 2.19. The number of ether oxygens (including phenoxy) is 1. The number of hydrogen-bond acceptors (Lipinski definition) is 3. The van der Waals surface area contributed by atoms with Crippen molar-refractivity contribution in [3.05, 3.63) is 35.9 Å². The molecule has 20 heavy (non-hydrogen) atoms. The van der Waals surface area contributed by atoms with Gasteiger partial charge in [0.25, 0.3) is 0 Å². The molecule has 2 atom stereocenters. The maximum absolute atomic E-state index is 11.8. The van der Waals surface area contributed by atoms with E-state index in [4.69, 9.17) is 4.74 Å². The molecule has 0 amide bonds. The van der Waals surface area contributed by atoms with Crippen LogP contribution in [0.1, 0.15) is 25.8 Å². The molecule has 1 fully saturated rings. The van der Waals surface area contributed by atoms with E-state index in [0.29, 0.717) is 6.54 Å². The number of aliphatic carboxylic acids is 1. The molecule has 110 valence electrons. The lowest BCUT2D eigenvalue weighted by Crippen LogP contribution is -2.46. The molecule has 1 heterocycles. The lowest BCUT2D eigenvalue weighted by Gasteiger charge is -2.32. The highest BCUT2D eigenvalue weighted by atomic mass is 16.5. The number of rotatable bonds is 4. The van der Waals surface area contributed by atoms with Gasteiger partial charge in [-0.2, -0.15) is 0 Å². The van der Waals surface area contributed by atoms with Gasteiger partial charge in [-0.3, -0.25) is 9.69 Å². The van der Waals surface area contributed by atoms with E-state index in [1.165, 1.54) is 0 Å². The van der Waals surface area contributed by atoms with Crippen molar-refractivity contribution in [1.29, 1.82) is 0 Å². The molecule has 2 unspecified atom stereocenters. The summed E-state index contributed by atoms with van der Waals surface area (Å²) >= 11 is 0. The van der Waals surface area contributed by atoms with Gasteiger partial charge in [-0.1, -0.05) is 30.3 Å². The molecular weight excluding hydrogens is 254 g/mol. The molecule has 1 N–H and O–H groups in total. The van der Waals surface area contributed by atoms with Gasteiger partial charge in [0.1, 0.15) is 5.41 Å². The van der Waals surface area contributed by atoms with Crippen LogP contribution in [-0.2, 0) is 14.9 Å². The Morgan fingerprint density at radius 1 is 1.45 bits per heavy atom. The first kappa shape index (κ1) is 15.0. The summed E-state index contributed by atoms with van der Waals surface area (Å²) in [5.74, 6) is -0.776. The van der Waals surface area contributed by atoms with Crippen LogP contribution in [0.3, 0.4) is 0 Å². The standard InChI is InChI=1S/C16H23NO3/c1-13-11-17(9-6-10-20-13)12-16(2,15(18)19)14-7-4-3-5-8-14/h3-5,7-8,13H,6,9-12H2,1-2H3,(H,18,19). The Morgan fingerprint density at radius 3 is 2.80 bits per heavy atom. The van der Waals surface area contributed by atoms with Crippen LogP contribution in [0.15, 0.2) is 30.3 Å². The number of benzene rings is 1. The molecule has 1 aromatic carbocycles. The van der Waals surface area contributed by atoms with Gasteiger partial charge in [-0.15, -0.1) is 0 Å². The largest absolute Gasteiger partial charge is 0.481 e. The summed E-state index contributed by atoms with van der Waals surface area (Å²) in [6.45, 7) is 6.79. The van der Waals surface area contributed by atoms with Crippen molar-refractivity contribution < 1.29 is 14.6 Å². The second kappa shape index (κ2) is 6.37. The Kier molecular flexibility index (Phi) is 4.78. The fourth-order valence-corrected chi connectivity index (χ4v) is 2.76. The molecule has 1 saturated heterocycles. The van der Waals surface area contributed by atoms with Gasteiger partial charge >= 0.3 is 5.97 Å². The third-order valence-corrected chi connectivity index (χ3v) is 3.96. The molecule has 0 radical (unpaired) electrons. The van der Waals surface area contributed by atoms with E-state index in [-0.39, 0.29) is 6.10 Å². The van der Waals surface area contributed by atoms with Crippen molar-refractivity contribution in [3.63, 3.8) is 0 Å². The first-order chi connectivity index (χ1) is 9.52. The fourth-order valence-electron chi connectivity index (χ4n) is 2.76. The summed E-state index contributed by atoms with van der Waals surface area (Å²) in [5, 5.41) is 9.69. The highest BCUT2D eigenvalue weighted by Crippen LogP contribution is 2.26. The summed E-state index contributed by atoms with van der Waals surface area (Å²) in [4.78, 5) is 14.0. The predicted octanol–water partition coefficient (Wildman–Crippen LogP) is 2.14. The van der Waals surface area contributed by atoms with Gasteiger partial charge < -0.3 is 9.84 Å². The van der Waals surface area contributed by atoms with Crippen molar-refractivity contribution in [1.82, 2.24) is 4.90 Å². The fraction of sp³-hybridized carbons (Fsp3) is 0.562. The van der Waals surface area contributed by atoms with Gasteiger partial charge in [0.05, 0.1) is 6.10 Å². The summed E-state index contributed by atoms with van der Waals surface area (Å²) in [6, 6.07) is 9.49. The highest BCUT2D eigenvalue weighted by Gasteiger charge is 2.37. The Bertz CT molecular complexity index is 448. The van der Waals surface area contributed by atoms with Gasteiger partial charge in [0, 0.05) is 26.2 Å². The van der Waals surface area contributed by atoms with Crippen molar-refractivity contribution >= 4 is 5.97 Å². The molecule has 0 saturated carbocycles. The second-order valence-corrected chi connectivity index (χ2v) is 5.77. The highest BCUT2D eigenvalue weighted by molar-refractivity contribution is 5.81. The average molecular weight is 277 g/mol. The van der Waals surface area contributed by atoms with Crippen LogP contribution in [0.5, 0.6) is 0 Å². The van der Waals surface area contributed by atoms with Gasteiger partial charge in [-0.05, 0) is 25.8 Å². The zero-order valence-electron chi connectivity index (χ0n) is 12.2. The second-order valence-electron chi connectivity index (χ2n) is 5.77. The van der Waals surface area contributed by atoms with Crippen LogP contribution in [0.4, 0.5) is 0 Å². The molecule has 1 aromatic rings. The summed E-state index contributed by atoms with van der Waals surface area (Å²) in [7, 11) is 0. The topological polar surface area (TPSA) is 49.8 Å². The number of carboxylic acid groups (broad SMARTS) is 1. The zero-order valence-corrected chi connectivity index (χ0v) is 12.2. The summed E-state index contributed by atoms with van der Waals surface area (Å²) < 4.78 is 5.62. The molecule has 0 aliphatic carbocycles. The van der Waals surface area contributed by atoms with Crippen molar-refractivity contribution in [2.45, 2.75) is 31.8 Å². The first-order valence-corrected chi connectivity index (χ1v) is 7.15. The Hall–Kier alpha value is -1.39. The van der Waals surface area contributed by atoms with E-state index in [0.717, 1.165) is 31.7 Å². The van der Waals surface area contributed by atoms with Crippen LogP contribution in [0.25, 0.3) is 0 Å². The Labute approximate surface area is 120 Å². The first-order valence-electron chi connectivity index (χ1n) is 7.15. The van der Waals surface area contributed by atoms with E-state index >= 15 is 0 Å². The Morgan fingerprint density at radius 2 is 2.15 bits per heavy atom. The molecule has 1 aliphatic heterocycles. The van der Waals surface area contributed by atoms with Crippen molar-refractivity contribution in [3.8, 4) is 0 Å². The van der Waals surface area contributed by atoms with E-state index in [1.54, 1.807) is 6.92 Å². The molecule has 4 heteroatoms. The molecule has 0 spiro atoms. The van der Waals surface area contributed by atoms with Gasteiger partial charge in [0.15, 0.2) is 0 Å². The van der Waals surface area contributed by atoms with Crippen LogP contribution in [0, 0.1) is 0 Å². The SMILES string of the molecule is CC1CN(CC(C)(C(=O)O)c2ccccc2)CCCO1. The number of nitrogens with zero attached hydrogens (tertiary/aromatic N) is 1. The van der Waals surface area contributed by atoms with Crippen LogP contribution in [0.2, 0.25) is 0 Å². The molecule has 0 bridgehead atoms. The lowest BCUT2D eigenvalue weighted by atomic mass is 9.82. The molecule has 1 aliphatic rings. The monoisotopic (exact) mass is 277 g/mol. The van der Waals surface area contributed by atoms with Crippen molar-refractivity contribution in [2.24, 2.45) is 0 Å². The molecular formula is C16H23NO3. The third kappa shape index (κ3) is 3.38. The van der Waals surface area contributed by atoms with Crippen LogP contribution < -0.4 is 0 Å². The van der Waals surface area contributed by atoms with E-state index in [2.05, 4.69) is 4.90 Å². The van der Waals surface area contributed by atoms with Crippen LogP contribution in [-0.4, -0.2) is 48.3 Å². The number of hydrogen-bond donors (Lipinski definition) is 1. The summed E-state index contributed by atoms with van der Waals surface area (Å²) in [6.07, 6.45) is 1.11. The van der Waals surface area contributed by atoms with Crippen LogP contribution >= 0.6 is 0 Å². The normalized spacial score (nSPS) is 23.8. The van der Waals surface area contributed by atoms with E-state index < -0.39 is 11.4 Å².